The van der Waals surface area contributed by atoms with Crippen LogP contribution < -0.4 is 0 Å². The van der Waals surface area contributed by atoms with Gasteiger partial charge >= 0.3 is 0 Å². The van der Waals surface area contributed by atoms with Gasteiger partial charge in [0.1, 0.15) is 5.76 Å². The number of benzene rings is 3. The minimum absolute atomic E-state index is 0. The molecule has 0 aliphatic heterocycles. The molecule has 3 aromatic carbocycles. The number of allylic oxidation sites excluding steroid dienone is 2. The number of aryl methyl sites for hydroxylation is 1. The first-order valence-electron chi connectivity index (χ1n) is 17.3. The number of aromatic nitrogens is 1. The standard InChI is InChI=1S/C28H22NS2.C15H28O2.Ir/c1-16-13-18-9-10-21-22-11-12-29-24(26(22)31-27(21)25(18)30-16)19-14-17-7-5-6-8-20(17)23(15-19)28(2,3)4;1-7-14(5,8-2)12(16)11-13(17)15(6,9-3)10-4;/h5-13,15H,1-4H3;11,16H,7-10H2,1-6H3;/q-1;;/b;12-11-;. The van der Waals surface area contributed by atoms with Gasteiger partial charge in [-0.25, -0.2) is 0 Å². The van der Waals surface area contributed by atoms with Crippen LogP contribution in [0.25, 0.3) is 52.3 Å². The normalized spacial score (nSPS) is 12.7. The fraction of sp³-hybridized carbons (Fsp3) is 0.395. The largest absolute Gasteiger partial charge is 0.512 e. The second kappa shape index (κ2) is 15.2. The van der Waals surface area contributed by atoms with Crippen LogP contribution in [0.5, 0.6) is 0 Å². The fourth-order valence-electron chi connectivity index (χ4n) is 6.24. The zero-order chi connectivity index (χ0) is 35.0. The quantitative estimate of drug-likeness (QED) is 0.0942. The summed E-state index contributed by atoms with van der Waals surface area (Å²) in [5.74, 6) is 0.286. The average Bonchev–Trinajstić information content (AvgIpc) is 3.66. The van der Waals surface area contributed by atoms with Crippen LogP contribution in [-0.2, 0) is 30.3 Å². The molecule has 0 spiro atoms. The first-order valence-corrected chi connectivity index (χ1v) is 18.9. The van der Waals surface area contributed by atoms with Crippen molar-refractivity contribution in [2.45, 2.75) is 100 Å². The third-order valence-corrected chi connectivity index (χ3v) is 13.1. The summed E-state index contributed by atoms with van der Waals surface area (Å²) in [6.45, 7) is 21.1. The number of nitrogens with zero attached hydrogens (tertiary/aromatic N) is 1. The molecule has 261 valence electrons. The smallest absolute Gasteiger partial charge is 0.164 e. The van der Waals surface area contributed by atoms with Gasteiger partial charge < -0.3 is 5.11 Å². The predicted molar refractivity (Wildman–Crippen MR) is 211 cm³/mol. The van der Waals surface area contributed by atoms with Crippen molar-refractivity contribution in [2.24, 2.45) is 10.8 Å². The van der Waals surface area contributed by atoms with Crippen molar-refractivity contribution >= 4 is 69.5 Å². The molecule has 0 aliphatic rings. The molecule has 1 N–H and O–H groups in total. The Hall–Kier alpha value is -2.89. The van der Waals surface area contributed by atoms with Gasteiger partial charge in [-0.2, -0.15) is 0 Å². The van der Waals surface area contributed by atoms with E-state index in [1.807, 2.05) is 70.4 Å². The number of rotatable bonds is 8. The summed E-state index contributed by atoms with van der Waals surface area (Å²) in [5.41, 5.74) is 2.90. The Balaban J connectivity index is 0.000000260. The van der Waals surface area contributed by atoms with Crippen LogP contribution in [0.2, 0.25) is 0 Å². The maximum absolute atomic E-state index is 12.2. The van der Waals surface area contributed by atoms with E-state index in [0.717, 1.165) is 42.3 Å². The van der Waals surface area contributed by atoms with Gasteiger partial charge in [0.25, 0.3) is 0 Å². The molecule has 3 heterocycles. The number of fused-ring (bicyclic) bond motifs is 6. The predicted octanol–water partition coefficient (Wildman–Crippen LogP) is 13.5. The van der Waals surface area contributed by atoms with Gasteiger partial charge in [0.05, 0.1) is 9.40 Å². The van der Waals surface area contributed by atoms with Crippen LogP contribution in [0.4, 0.5) is 0 Å². The van der Waals surface area contributed by atoms with Crippen molar-refractivity contribution in [3.63, 3.8) is 0 Å². The SMILES string of the molecule is CCC(C)(CC)C(=O)/C=C(\O)C(C)(CC)CC.Cc1cc2ccc3c4ccnc(-c5[c-]c6ccccc6c(C(C)(C)C)c5)c4sc3c2s1.[Ir]. The van der Waals surface area contributed by atoms with Gasteiger partial charge in [0.15, 0.2) is 5.78 Å². The number of ketones is 1. The Morgan fingerprint density at radius 1 is 0.796 bits per heavy atom. The van der Waals surface area contributed by atoms with E-state index in [0.29, 0.717) is 0 Å². The summed E-state index contributed by atoms with van der Waals surface area (Å²) >= 11 is 3.76. The summed E-state index contributed by atoms with van der Waals surface area (Å²) in [5, 5.41) is 16.5. The van der Waals surface area contributed by atoms with Crippen LogP contribution in [0, 0.1) is 23.8 Å². The Bertz CT molecular complexity index is 2140. The van der Waals surface area contributed by atoms with E-state index in [4.69, 9.17) is 4.98 Å². The van der Waals surface area contributed by atoms with Crippen LogP contribution >= 0.6 is 22.7 Å². The molecular formula is C43H50IrNO2S2-. The van der Waals surface area contributed by atoms with E-state index in [1.54, 1.807) is 0 Å². The van der Waals surface area contributed by atoms with Crippen LogP contribution in [-0.4, -0.2) is 15.9 Å². The molecule has 0 bridgehead atoms. The van der Waals surface area contributed by atoms with Crippen molar-refractivity contribution in [1.82, 2.24) is 4.98 Å². The fourth-order valence-corrected chi connectivity index (χ4v) is 8.69. The van der Waals surface area contributed by atoms with Crippen LogP contribution in [0.15, 0.2) is 72.6 Å². The third-order valence-electron chi connectivity index (χ3n) is 10.6. The number of hydrogen-bond acceptors (Lipinski definition) is 5. The van der Waals surface area contributed by atoms with Gasteiger partial charge in [-0.05, 0) is 60.9 Å². The molecule has 0 aliphatic carbocycles. The number of carbonyl (C=O) groups excluding carboxylic acids is 1. The number of pyridine rings is 1. The first kappa shape index (κ1) is 38.9. The number of aliphatic hydroxyl groups is 1. The molecule has 0 amide bonds. The van der Waals surface area contributed by atoms with Crippen LogP contribution in [0.1, 0.15) is 98.4 Å². The van der Waals surface area contributed by atoms with Crippen molar-refractivity contribution in [2.75, 3.05) is 0 Å². The van der Waals surface area contributed by atoms with E-state index in [1.165, 1.54) is 52.2 Å². The van der Waals surface area contributed by atoms with Gasteiger partial charge in [-0.15, -0.1) is 51.8 Å². The van der Waals surface area contributed by atoms with E-state index in [9.17, 15) is 9.90 Å². The molecule has 1 radical (unpaired) electrons. The Morgan fingerprint density at radius 2 is 1.43 bits per heavy atom. The molecular weight excluding hydrogens is 819 g/mol. The maximum Gasteiger partial charge on any atom is 0.164 e. The van der Waals surface area contributed by atoms with Gasteiger partial charge in [-0.1, -0.05) is 104 Å². The summed E-state index contributed by atoms with van der Waals surface area (Å²) in [4.78, 5) is 18.4. The average molecular weight is 869 g/mol. The zero-order valence-corrected chi connectivity index (χ0v) is 34.7. The van der Waals surface area contributed by atoms with Crippen molar-refractivity contribution in [3.05, 3.63) is 89.1 Å². The number of aliphatic hydroxyl groups excluding tert-OH is 1. The van der Waals surface area contributed by atoms with Gasteiger partial charge in [0.2, 0.25) is 0 Å². The molecule has 0 fully saturated rings. The second-order valence-corrected chi connectivity index (χ2v) is 17.0. The minimum Gasteiger partial charge on any atom is -0.512 e. The molecule has 6 heteroatoms. The van der Waals surface area contributed by atoms with E-state index in [-0.39, 0.29) is 47.9 Å². The summed E-state index contributed by atoms with van der Waals surface area (Å²) in [7, 11) is 0. The Morgan fingerprint density at radius 3 is 2.06 bits per heavy atom. The number of thiophene rings is 2. The number of carbonyl (C=O) groups is 1. The molecule has 0 unspecified atom stereocenters. The number of hydrogen-bond donors (Lipinski definition) is 1. The van der Waals surface area contributed by atoms with E-state index < -0.39 is 0 Å². The Kier molecular flexibility index (Phi) is 12.0. The molecule has 0 saturated heterocycles. The second-order valence-electron chi connectivity index (χ2n) is 14.7. The molecule has 0 saturated carbocycles. The monoisotopic (exact) mass is 869 g/mol. The van der Waals surface area contributed by atoms with Gasteiger partial charge in [-0.3, -0.25) is 9.78 Å². The topological polar surface area (TPSA) is 50.2 Å². The molecule has 3 aromatic heterocycles. The van der Waals surface area contributed by atoms with Crippen LogP contribution in [0.3, 0.4) is 0 Å². The molecule has 6 aromatic rings. The summed E-state index contributed by atoms with van der Waals surface area (Å²) in [6.07, 6.45) is 6.71. The summed E-state index contributed by atoms with van der Waals surface area (Å²) < 4.78 is 4.01. The zero-order valence-electron chi connectivity index (χ0n) is 30.6. The van der Waals surface area contributed by atoms with Crippen molar-refractivity contribution in [3.8, 4) is 11.3 Å². The molecule has 3 nitrogen and oxygen atoms in total. The van der Waals surface area contributed by atoms with E-state index in [2.05, 4.69) is 88.4 Å². The molecule has 0 atom stereocenters. The molecule has 6 rings (SSSR count). The molecule has 49 heavy (non-hydrogen) atoms. The summed E-state index contributed by atoms with van der Waals surface area (Å²) in [6, 6.07) is 23.5. The van der Waals surface area contributed by atoms with Crippen molar-refractivity contribution in [1.29, 1.82) is 0 Å². The Labute approximate surface area is 314 Å². The minimum atomic E-state index is -0.337. The van der Waals surface area contributed by atoms with E-state index >= 15 is 0 Å². The third kappa shape index (κ3) is 7.59. The van der Waals surface area contributed by atoms with Gasteiger partial charge in [0, 0.05) is 63.9 Å². The maximum atomic E-state index is 12.2. The first-order chi connectivity index (χ1) is 22.7. The van der Waals surface area contributed by atoms with Crippen molar-refractivity contribution < 1.29 is 30.0 Å².